The molecule has 0 unspecified atom stereocenters. The number of ether oxygens (including phenoxy) is 3. The van der Waals surface area contributed by atoms with Gasteiger partial charge < -0.3 is 14.2 Å². The molecule has 1 aromatic heterocycles. The molecular weight excluding hydrogens is 443 g/mol. The molecule has 0 aliphatic carbocycles. The lowest BCUT2D eigenvalue weighted by molar-refractivity contribution is 0.102. The van der Waals surface area contributed by atoms with Crippen molar-refractivity contribution < 1.29 is 23.4 Å². The number of thiazole rings is 1. The zero-order chi connectivity index (χ0) is 23.2. The van der Waals surface area contributed by atoms with E-state index < -0.39 is 0 Å². The maximum Gasteiger partial charge on any atom is 0.261 e. The second-order valence-electron chi connectivity index (χ2n) is 6.97. The van der Waals surface area contributed by atoms with Crippen LogP contribution in [-0.4, -0.2) is 25.1 Å². The Bertz CT molecular complexity index is 1260. The lowest BCUT2D eigenvalue weighted by Crippen LogP contribution is -2.13. The highest BCUT2D eigenvalue weighted by Gasteiger charge is 2.16. The summed E-state index contributed by atoms with van der Waals surface area (Å²) in [6.07, 6.45) is 0. The third kappa shape index (κ3) is 5.30. The van der Waals surface area contributed by atoms with E-state index in [1.165, 1.54) is 23.5 Å². The highest BCUT2D eigenvalue weighted by Crippen LogP contribution is 2.35. The lowest BCUT2D eigenvalue weighted by Gasteiger charge is -2.11. The number of para-hydroxylation sites is 1. The summed E-state index contributed by atoms with van der Waals surface area (Å²) in [7, 11) is 3.18. The number of nitrogens with zero attached hydrogens (tertiary/aromatic N) is 1. The summed E-state index contributed by atoms with van der Waals surface area (Å²) >= 11 is 1.30. The predicted molar refractivity (Wildman–Crippen MR) is 126 cm³/mol. The average molecular weight is 465 g/mol. The van der Waals surface area contributed by atoms with Crippen molar-refractivity contribution in [3.8, 4) is 28.5 Å². The highest BCUT2D eigenvalue weighted by molar-refractivity contribution is 7.14. The quantitative estimate of drug-likeness (QED) is 0.357. The highest BCUT2D eigenvalue weighted by atomic mass is 32.1. The molecule has 0 fully saturated rings. The minimum atomic E-state index is -0.344. The topological polar surface area (TPSA) is 69.7 Å². The fraction of sp³-hybridized carbons (Fsp3) is 0.120. The van der Waals surface area contributed by atoms with Gasteiger partial charge in [0, 0.05) is 10.9 Å². The van der Waals surface area contributed by atoms with Gasteiger partial charge in [-0.25, -0.2) is 9.37 Å². The molecule has 0 aliphatic rings. The number of hydrogen-bond donors (Lipinski definition) is 1. The summed E-state index contributed by atoms with van der Waals surface area (Å²) in [4.78, 5) is 17.5. The molecule has 0 aliphatic heterocycles. The number of hydrogen-bond acceptors (Lipinski definition) is 6. The van der Waals surface area contributed by atoms with Crippen LogP contribution in [0.3, 0.4) is 0 Å². The van der Waals surface area contributed by atoms with Gasteiger partial charge in [-0.2, -0.15) is 0 Å². The van der Waals surface area contributed by atoms with E-state index in [1.54, 1.807) is 62.8 Å². The number of anilines is 1. The number of amides is 1. The van der Waals surface area contributed by atoms with E-state index in [9.17, 15) is 9.18 Å². The van der Waals surface area contributed by atoms with Crippen molar-refractivity contribution in [1.29, 1.82) is 0 Å². The van der Waals surface area contributed by atoms with Crippen LogP contribution in [0.15, 0.2) is 72.1 Å². The standard InChI is InChI=1S/C25H21FN2O4S/c1-30-18-11-12-22(31-2)20(13-18)21-15-33-25(27-21)28-24(29)19-5-3-4-6-23(19)32-14-16-7-9-17(26)10-8-16/h3-13,15H,14H2,1-2H3,(H,27,28,29). The van der Waals surface area contributed by atoms with E-state index in [-0.39, 0.29) is 18.3 Å². The van der Waals surface area contributed by atoms with Gasteiger partial charge in [-0.05, 0) is 48.0 Å². The molecule has 3 aromatic carbocycles. The van der Waals surface area contributed by atoms with Crippen LogP contribution in [0.25, 0.3) is 11.3 Å². The normalized spacial score (nSPS) is 10.5. The molecule has 1 N–H and O–H groups in total. The van der Waals surface area contributed by atoms with E-state index in [0.29, 0.717) is 33.6 Å². The van der Waals surface area contributed by atoms with E-state index in [2.05, 4.69) is 10.3 Å². The van der Waals surface area contributed by atoms with Crippen LogP contribution in [0.2, 0.25) is 0 Å². The zero-order valence-corrected chi connectivity index (χ0v) is 18.8. The molecule has 0 spiro atoms. The molecule has 1 amide bonds. The van der Waals surface area contributed by atoms with Crippen LogP contribution in [0.1, 0.15) is 15.9 Å². The van der Waals surface area contributed by atoms with Gasteiger partial charge in [0.1, 0.15) is 29.7 Å². The van der Waals surface area contributed by atoms with Gasteiger partial charge in [0.25, 0.3) is 5.91 Å². The first-order valence-corrected chi connectivity index (χ1v) is 10.9. The molecule has 0 radical (unpaired) electrons. The molecule has 4 aromatic rings. The third-order valence-corrected chi connectivity index (χ3v) is 5.60. The molecule has 0 atom stereocenters. The van der Waals surface area contributed by atoms with Gasteiger partial charge in [0.15, 0.2) is 5.13 Å². The Morgan fingerprint density at radius 2 is 1.79 bits per heavy atom. The van der Waals surface area contributed by atoms with Crippen LogP contribution in [-0.2, 0) is 6.61 Å². The Kier molecular flexibility index (Phi) is 6.85. The fourth-order valence-corrected chi connectivity index (χ4v) is 3.86. The Morgan fingerprint density at radius 1 is 1.00 bits per heavy atom. The van der Waals surface area contributed by atoms with Gasteiger partial charge in [0.05, 0.1) is 25.5 Å². The van der Waals surface area contributed by atoms with Crippen LogP contribution >= 0.6 is 11.3 Å². The van der Waals surface area contributed by atoms with Gasteiger partial charge in [0.2, 0.25) is 0 Å². The van der Waals surface area contributed by atoms with Crippen molar-refractivity contribution in [2.75, 3.05) is 19.5 Å². The number of halogens is 1. The Balaban J connectivity index is 1.50. The maximum atomic E-state index is 13.1. The number of carbonyl (C=O) groups excluding carboxylic acids is 1. The van der Waals surface area contributed by atoms with Crippen molar-refractivity contribution in [2.24, 2.45) is 0 Å². The van der Waals surface area contributed by atoms with E-state index >= 15 is 0 Å². The number of rotatable bonds is 8. The Hall–Kier alpha value is -3.91. The van der Waals surface area contributed by atoms with Crippen molar-refractivity contribution in [3.63, 3.8) is 0 Å². The maximum absolute atomic E-state index is 13.1. The minimum absolute atomic E-state index is 0.210. The molecule has 0 saturated heterocycles. The van der Waals surface area contributed by atoms with Gasteiger partial charge in [-0.1, -0.05) is 24.3 Å². The van der Waals surface area contributed by atoms with Crippen molar-refractivity contribution >= 4 is 22.4 Å². The van der Waals surface area contributed by atoms with Crippen LogP contribution < -0.4 is 19.5 Å². The molecule has 33 heavy (non-hydrogen) atoms. The summed E-state index contributed by atoms with van der Waals surface area (Å²) in [5.41, 5.74) is 2.59. The van der Waals surface area contributed by atoms with Crippen molar-refractivity contribution in [1.82, 2.24) is 4.98 Å². The van der Waals surface area contributed by atoms with Gasteiger partial charge >= 0.3 is 0 Å². The number of nitrogens with one attached hydrogen (secondary N) is 1. The molecule has 1 heterocycles. The van der Waals surface area contributed by atoms with Crippen molar-refractivity contribution in [3.05, 3.63) is 89.1 Å². The molecule has 4 rings (SSSR count). The van der Waals surface area contributed by atoms with Gasteiger partial charge in [-0.15, -0.1) is 11.3 Å². The first-order valence-electron chi connectivity index (χ1n) is 10.0. The van der Waals surface area contributed by atoms with Crippen LogP contribution in [0.5, 0.6) is 17.2 Å². The summed E-state index contributed by atoms with van der Waals surface area (Å²) in [6, 6.07) is 18.4. The SMILES string of the molecule is COc1ccc(OC)c(-c2csc(NC(=O)c3ccccc3OCc3ccc(F)cc3)n2)c1. The number of benzene rings is 3. The molecule has 6 nitrogen and oxygen atoms in total. The second-order valence-corrected chi connectivity index (χ2v) is 7.83. The third-order valence-electron chi connectivity index (χ3n) is 4.85. The molecule has 0 saturated carbocycles. The monoisotopic (exact) mass is 464 g/mol. The first-order chi connectivity index (χ1) is 16.1. The average Bonchev–Trinajstić information content (AvgIpc) is 3.31. The Morgan fingerprint density at radius 3 is 2.55 bits per heavy atom. The van der Waals surface area contributed by atoms with E-state index in [0.717, 1.165) is 11.1 Å². The smallest absolute Gasteiger partial charge is 0.261 e. The van der Waals surface area contributed by atoms with Crippen LogP contribution in [0, 0.1) is 5.82 Å². The number of aromatic nitrogens is 1. The molecule has 168 valence electrons. The summed E-state index contributed by atoms with van der Waals surface area (Å²) < 4.78 is 29.7. The lowest BCUT2D eigenvalue weighted by atomic mass is 10.1. The van der Waals surface area contributed by atoms with E-state index in [1.807, 2.05) is 11.4 Å². The fourth-order valence-electron chi connectivity index (χ4n) is 3.16. The largest absolute Gasteiger partial charge is 0.497 e. The minimum Gasteiger partial charge on any atom is -0.497 e. The zero-order valence-electron chi connectivity index (χ0n) is 18.0. The predicted octanol–water partition coefficient (Wildman–Crippen LogP) is 5.80. The second kappa shape index (κ2) is 10.1. The molecular formula is C25H21FN2O4S. The first kappa shape index (κ1) is 22.3. The number of methoxy groups -OCH3 is 2. The number of carbonyl (C=O) groups is 1. The summed E-state index contributed by atoms with van der Waals surface area (Å²) in [6.45, 7) is 0.210. The Labute approximate surface area is 194 Å². The van der Waals surface area contributed by atoms with Crippen LogP contribution in [0.4, 0.5) is 9.52 Å². The summed E-state index contributed by atoms with van der Waals surface area (Å²) in [5.74, 6) is 1.09. The van der Waals surface area contributed by atoms with Gasteiger partial charge in [-0.3, -0.25) is 10.1 Å². The van der Waals surface area contributed by atoms with Crippen molar-refractivity contribution in [2.45, 2.75) is 6.61 Å². The summed E-state index contributed by atoms with van der Waals surface area (Å²) in [5, 5.41) is 5.10. The van der Waals surface area contributed by atoms with E-state index in [4.69, 9.17) is 14.2 Å². The molecule has 0 bridgehead atoms. The molecule has 8 heteroatoms.